The van der Waals surface area contributed by atoms with Crippen LogP contribution in [0.1, 0.15) is 35.7 Å². The average molecular weight is 462 g/mol. The molecule has 6 nitrogen and oxygen atoms in total. The lowest BCUT2D eigenvalue weighted by atomic mass is 10.1. The molecular weight excluding hydrogens is 437 g/mol. The van der Waals surface area contributed by atoms with E-state index in [0.29, 0.717) is 29.4 Å². The van der Waals surface area contributed by atoms with Crippen molar-refractivity contribution in [3.63, 3.8) is 0 Å². The summed E-state index contributed by atoms with van der Waals surface area (Å²) in [5.74, 6) is 0.164. The van der Waals surface area contributed by atoms with Crippen LogP contribution in [0.5, 0.6) is 0 Å². The Labute approximate surface area is 191 Å². The first-order valence-corrected chi connectivity index (χ1v) is 10.7. The minimum atomic E-state index is -0.318. The van der Waals surface area contributed by atoms with Crippen molar-refractivity contribution >= 4 is 35.0 Å². The maximum atomic E-state index is 13.3. The molecule has 0 radical (unpaired) electrons. The van der Waals surface area contributed by atoms with Crippen LogP contribution in [0.25, 0.3) is 0 Å². The fraction of sp³-hybridized carbons (Fsp3) is 0.304. The zero-order valence-electron chi connectivity index (χ0n) is 17.7. The molecular formula is C23H25Cl2N3O3. The molecule has 0 saturated heterocycles. The highest BCUT2D eigenvalue weighted by Crippen LogP contribution is 2.23. The number of hydrogen-bond acceptors (Lipinski definition) is 3. The number of aryl methyl sites for hydroxylation is 1. The fourth-order valence-electron chi connectivity index (χ4n) is 3.23. The zero-order valence-corrected chi connectivity index (χ0v) is 19.2. The number of halogens is 2. The molecule has 0 fully saturated rings. The first-order valence-electron chi connectivity index (χ1n) is 9.92. The standard InChI is InChI=1S/C23H25Cl2N3O3/c1-16(2)28(23(30)20-9-8-17(24)12-21(20)25)15-22(29)27(14-19-7-5-11-31-19)13-18-6-4-10-26(18)3/h4-12,16H,13-15H2,1-3H3. The van der Waals surface area contributed by atoms with E-state index in [9.17, 15) is 9.59 Å². The van der Waals surface area contributed by atoms with Crippen LogP contribution >= 0.6 is 23.2 Å². The molecule has 164 valence electrons. The number of nitrogens with zero attached hydrogens (tertiary/aromatic N) is 3. The molecule has 0 aliphatic carbocycles. The monoisotopic (exact) mass is 461 g/mol. The number of furan rings is 1. The topological polar surface area (TPSA) is 58.7 Å². The van der Waals surface area contributed by atoms with Crippen LogP contribution in [-0.2, 0) is 24.9 Å². The van der Waals surface area contributed by atoms with Gasteiger partial charge < -0.3 is 18.8 Å². The molecule has 0 unspecified atom stereocenters. The molecule has 1 aromatic carbocycles. The second kappa shape index (κ2) is 10.1. The van der Waals surface area contributed by atoms with Crippen LogP contribution in [0.4, 0.5) is 0 Å². The largest absolute Gasteiger partial charge is 0.467 e. The van der Waals surface area contributed by atoms with Crippen molar-refractivity contribution in [3.05, 3.63) is 82.0 Å². The molecule has 2 heterocycles. The van der Waals surface area contributed by atoms with Crippen LogP contribution in [0, 0.1) is 0 Å². The number of carbonyl (C=O) groups is 2. The molecule has 0 bridgehead atoms. The predicted octanol–water partition coefficient (Wildman–Crippen LogP) is 5.00. The van der Waals surface area contributed by atoms with Crippen molar-refractivity contribution in [1.29, 1.82) is 0 Å². The molecule has 3 rings (SSSR count). The molecule has 0 aliphatic rings. The summed E-state index contributed by atoms with van der Waals surface area (Å²) in [7, 11) is 1.93. The van der Waals surface area contributed by atoms with E-state index in [2.05, 4.69) is 0 Å². The van der Waals surface area contributed by atoms with Gasteiger partial charge in [0.15, 0.2) is 0 Å². The molecule has 0 aliphatic heterocycles. The number of carbonyl (C=O) groups excluding carboxylic acids is 2. The summed E-state index contributed by atoms with van der Waals surface area (Å²) >= 11 is 12.2. The maximum Gasteiger partial charge on any atom is 0.256 e. The molecule has 0 saturated carbocycles. The van der Waals surface area contributed by atoms with Crippen LogP contribution in [0.2, 0.25) is 10.0 Å². The van der Waals surface area contributed by atoms with Crippen LogP contribution in [0.15, 0.2) is 59.3 Å². The Morgan fingerprint density at radius 1 is 1.10 bits per heavy atom. The first-order chi connectivity index (χ1) is 14.8. The van der Waals surface area contributed by atoms with Crippen LogP contribution < -0.4 is 0 Å². The van der Waals surface area contributed by atoms with Gasteiger partial charge in [0, 0.05) is 30.0 Å². The second-order valence-corrected chi connectivity index (χ2v) is 8.43. The molecule has 3 aromatic rings. The summed E-state index contributed by atoms with van der Waals surface area (Å²) in [6.07, 6.45) is 3.50. The van der Waals surface area contributed by atoms with Gasteiger partial charge in [-0.3, -0.25) is 9.59 Å². The summed E-state index contributed by atoms with van der Waals surface area (Å²) in [4.78, 5) is 29.7. The first kappa shape index (κ1) is 23.0. The summed E-state index contributed by atoms with van der Waals surface area (Å²) in [6, 6.07) is 12.0. The number of rotatable bonds is 8. The lowest BCUT2D eigenvalue weighted by Gasteiger charge is -2.30. The number of benzene rings is 1. The van der Waals surface area contributed by atoms with Gasteiger partial charge in [-0.2, -0.15) is 0 Å². The zero-order chi connectivity index (χ0) is 22.5. The summed E-state index contributed by atoms with van der Waals surface area (Å²) in [6.45, 7) is 4.34. The summed E-state index contributed by atoms with van der Waals surface area (Å²) in [5.41, 5.74) is 1.29. The van der Waals surface area contributed by atoms with Gasteiger partial charge in [0.05, 0.1) is 29.9 Å². The summed E-state index contributed by atoms with van der Waals surface area (Å²) in [5, 5.41) is 0.702. The second-order valence-electron chi connectivity index (χ2n) is 7.59. The summed E-state index contributed by atoms with van der Waals surface area (Å²) < 4.78 is 7.41. The van der Waals surface area contributed by atoms with E-state index < -0.39 is 0 Å². The van der Waals surface area contributed by atoms with Gasteiger partial charge in [-0.25, -0.2) is 0 Å². The highest BCUT2D eigenvalue weighted by atomic mass is 35.5. The Bertz CT molecular complexity index is 1040. The average Bonchev–Trinajstić information content (AvgIpc) is 3.36. The third-order valence-electron chi connectivity index (χ3n) is 5.04. The van der Waals surface area contributed by atoms with E-state index in [1.807, 2.05) is 49.9 Å². The van der Waals surface area contributed by atoms with Crippen molar-refractivity contribution in [2.45, 2.75) is 33.0 Å². The van der Waals surface area contributed by atoms with Gasteiger partial charge in [-0.15, -0.1) is 0 Å². The van der Waals surface area contributed by atoms with Crippen LogP contribution in [-0.4, -0.2) is 38.8 Å². The molecule has 2 amide bonds. The van der Waals surface area contributed by atoms with Gasteiger partial charge in [-0.05, 0) is 56.3 Å². The minimum Gasteiger partial charge on any atom is -0.467 e. The van der Waals surface area contributed by atoms with E-state index in [-0.39, 0.29) is 29.4 Å². The molecule has 0 N–H and O–H groups in total. The van der Waals surface area contributed by atoms with Crippen molar-refractivity contribution < 1.29 is 14.0 Å². The minimum absolute atomic E-state index is 0.0828. The highest BCUT2D eigenvalue weighted by molar-refractivity contribution is 6.36. The van der Waals surface area contributed by atoms with E-state index in [0.717, 1.165) is 5.69 Å². The number of amides is 2. The molecule has 2 aromatic heterocycles. The lowest BCUT2D eigenvalue weighted by Crippen LogP contribution is -2.45. The van der Waals surface area contributed by atoms with E-state index >= 15 is 0 Å². The highest BCUT2D eigenvalue weighted by Gasteiger charge is 2.26. The fourth-order valence-corrected chi connectivity index (χ4v) is 3.72. The smallest absolute Gasteiger partial charge is 0.256 e. The molecule has 0 spiro atoms. The Morgan fingerprint density at radius 2 is 1.87 bits per heavy atom. The van der Waals surface area contributed by atoms with Gasteiger partial charge in [0.2, 0.25) is 5.91 Å². The SMILES string of the molecule is CC(C)N(CC(=O)N(Cc1ccco1)Cc1cccn1C)C(=O)c1ccc(Cl)cc1Cl. The predicted molar refractivity (Wildman–Crippen MR) is 121 cm³/mol. The molecule has 31 heavy (non-hydrogen) atoms. The van der Waals surface area contributed by atoms with E-state index in [1.165, 1.54) is 11.0 Å². The number of hydrogen-bond donors (Lipinski definition) is 0. The van der Waals surface area contributed by atoms with Crippen molar-refractivity contribution in [2.75, 3.05) is 6.54 Å². The van der Waals surface area contributed by atoms with Crippen molar-refractivity contribution in [2.24, 2.45) is 7.05 Å². The van der Waals surface area contributed by atoms with E-state index in [1.54, 1.807) is 29.4 Å². The Balaban J connectivity index is 1.82. The lowest BCUT2D eigenvalue weighted by molar-refractivity contribution is -0.133. The Hall–Kier alpha value is -2.70. The molecule has 0 atom stereocenters. The van der Waals surface area contributed by atoms with Crippen molar-refractivity contribution in [3.8, 4) is 0 Å². The maximum absolute atomic E-state index is 13.3. The van der Waals surface area contributed by atoms with Gasteiger partial charge >= 0.3 is 0 Å². The van der Waals surface area contributed by atoms with E-state index in [4.69, 9.17) is 27.6 Å². The normalized spacial score (nSPS) is 11.0. The van der Waals surface area contributed by atoms with Gasteiger partial charge in [0.1, 0.15) is 12.3 Å². The number of aromatic nitrogens is 1. The van der Waals surface area contributed by atoms with Crippen molar-refractivity contribution in [1.82, 2.24) is 14.4 Å². The Kier molecular flexibility index (Phi) is 7.46. The third-order valence-corrected chi connectivity index (χ3v) is 5.58. The third kappa shape index (κ3) is 5.71. The van der Waals surface area contributed by atoms with Gasteiger partial charge in [-0.1, -0.05) is 23.2 Å². The van der Waals surface area contributed by atoms with Gasteiger partial charge in [0.25, 0.3) is 5.91 Å². The molecule has 8 heteroatoms. The Morgan fingerprint density at radius 3 is 2.45 bits per heavy atom. The van der Waals surface area contributed by atoms with Crippen LogP contribution in [0.3, 0.4) is 0 Å². The quantitative estimate of drug-likeness (QED) is 0.473.